The summed E-state index contributed by atoms with van der Waals surface area (Å²) in [5.41, 5.74) is 6.49. The number of amides is 1. The number of benzene rings is 1. The molecule has 1 rings (SSSR count). The van der Waals surface area contributed by atoms with E-state index in [0.29, 0.717) is 6.42 Å². The number of nitrogens with one attached hydrogen (secondary N) is 1. The maximum absolute atomic E-state index is 11.4. The predicted octanol–water partition coefficient (Wildman–Crippen LogP) is 0.864. The van der Waals surface area contributed by atoms with Crippen LogP contribution in [0.25, 0.3) is 0 Å². The number of nitrogens with two attached hydrogens (primary N) is 1. The van der Waals surface area contributed by atoms with Crippen LogP contribution in [0.4, 0.5) is 0 Å². The topological polar surface area (TPSA) is 75.4 Å². The fraction of sp³-hybridized carbons (Fsp3) is 0.462. The molecule has 4 N–H and O–H groups in total. The third-order valence-electron chi connectivity index (χ3n) is 2.65. The van der Waals surface area contributed by atoms with Crippen LogP contribution in [0.5, 0.6) is 0 Å². The molecule has 0 aliphatic heterocycles. The van der Waals surface area contributed by atoms with Crippen LogP contribution < -0.4 is 11.1 Å². The molecular weight excluding hydrogens is 252 g/mol. The number of hydrogen-bond donors (Lipinski definition) is 3. The van der Waals surface area contributed by atoms with E-state index >= 15 is 0 Å². The van der Waals surface area contributed by atoms with Gasteiger partial charge in [-0.2, -0.15) is 0 Å². The summed E-state index contributed by atoms with van der Waals surface area (Å²) in [6, 6.07) is 8.81. The van der Waals surface area contributed by atoms with Crippen molar-refractivity contribution in [1.29, 1.82) is 0 Å². The number of hydrogen-bond acceptors (Lipinski definition) is 3. The van der Waals surface area contributed by atoms with E-state index < -0.39 is 12.1 Å². The molecule has 4 nitrogen and oxygen atoms in total. The van der Waals surface area contributed by atoms with Gasteiger partial charge in [-0.1, -0.05) is 30.3 Å². The van der Waals surface area contributed by atoms with Crippen LogP contribution in [-0.2, 0) is 11.2 Å². The third kappa shape index (κ3) is 5.49. The number of carbonyl (C=O) groups excluding carboxylic acids is 1. The number of halogens is 1. The Labute approximate surface area is 114 Å². The fourth-order valence-corrected chi connectivity index (χ4v) is 1.48. The molecule has 0 aliphatic rings. The first kappa shape index (κ1) is 16.9. The summed E-state index contributed by atoms with van der Waals surface area (Å²) >= 11 is 0. The van der Waals surface area contributed by atoms with Gasteiger partial charge in [0.2, 0.25) is 5.91 Å². The third-order valence-corrected chi connectivity index (χ3v) is 2.65. The number of aliphatic hydroxyl groups excluding tert-OH is 1. The van der Waals surface area contributed by atoms with E-state index in [9.17, 15) is 9.90 Å². The lowest BCUT2D eigenvalue weighted by Gasteiger charge is -2.21. The second-order valence-electron chi connectivity index (χ2n) is 4.34. The lowest BCUT2D eigenvalue weighted by Crippen LogP contribution is -2.47. The summed E-state index contributed by atoms with van der Waals surface area (Å²) in [6.07, 6.45) is -0.0959. The lowest BCUT2D eigenvalue weighted by molar-refractivity contribution is -0.123. The molecule has 0 spiro atoms. The molecule has 1 aromatic carbocycles. The van der Waals surface area contributed by atoms with Crippen molar-refractivity contribution >= 4 is 18.3 Å². The average molecular weight is 273 g/mol. The number of carbonyl (C=O) groups is 1. The van der Waals surface area contributed by atoms with Gasteiger partial charge >= 0.3 is 0 Å². The van der Waals surface area contributed by atoms with Gasteiger partial charge in [0.15, 0.2) is 0 Å². The van der Waals surface area contributed by atoms with Crippen molar-refractivity contribution in [2.24, 2.45) is 5.73 Å². The maximum Gasteiger partial charge on any atom is 0.236 e. The van der Waals surface area contributed by atoms with Crippen molar-refractivity contribution in [3.05, 3.63) is 35.9 Å². The van der Waals surface area contributed by atoms with Crippen molar-refractivity contribution in [3.8, 4) is 0 Å². The quantitative estimate of drug-likeness (QED) is 0.744. The first-order valence-corrected chi connectivity index (χ1v) is 5.78. The molecule has 3 unspecified atom stereocenters. The molecule has 3 atom stereocenters. The molecule has 1 aromatic rings. The fourth-order valence-electron chi connectivity index (χ4n) is 1.48. The molecule has 0 fully saturated rings. The SMILES string of the molecule is CC(N)C(=O)NC(C)C(O)Cc1ccccc1.Cl. The van der Waals surface area contributed by atoms with Gasteiger partial charge in [-0.25, -0.2) is 0 Å². The van der Waals surface area contributed by atoms with Crippen molar-refractivity contribution in [2.75, 3.05) is 0 Å². The zero-order valence-electron chi connectivity index (χ0n) is 10.7. The Morgan fingerprint density at radius 1 is 1.33 bits per heavy atom. The van der Waals surface area contributed by atoms with Gasteiger partial charge in [0.1, 0.15) is 0 Å². The highest BCUT2D eigenvalue weighted by Gasteiger charge is 2.18. The highest BCUT2D eigenvalue weighted by molar-refractivity contribution is 5.85. The smallest absolute Gasteiger partial charge is 0.236 e. The molecule has 0 radical (unpaired) electrons. The average Bonchev–Trinajstić information content (AvgIpc) is 2.29. The first-order valence-electron chi connectivity index (χ1n) is 5.78. The largest absolute Gasteiger partial charge is 0.391 e. The molecule has 0 aromatic heterocycles. The van der Waals surface area contributed by atoms with Crippen LogP contribution in [-0.4, -0.2) is 29.2 Å². The van der Waals surface area contributed by atoms with E-state index in [0.717, 1.165) is 5.56 Å². The van der Waals surface area contributed by atoms with Crippen LogP contribution in [0.1, 0.15) is 19.4 Å². The Morgan fingerprint density at radius 2 is 1.89 bits per heavy atom. The number of aliphatic hydroxyl groups is 1. The summed E-state index contributed by atoms with van der Waals surface area (Å²) in [5.74, 6) is -0.246. The summed E-state index contributed by atoms with van der Waals surface area (Å²) in [5, 5.41) is 12.6. The highest BCUT2D eigenvalue weighted by atomic mass is 35.5. The summed E-state index contributed by atoms with van der Waals surface area (Å²) in [4.78, 5) is 11.4. The molecular formula is C13H21ClN2O2. The van der Waals surface area contributed by atoms with E-state index in [1.54, 1.807) is 13.8 Å². The van der Waals surface area contributed by atoms with Crippen LogP contribution in [0.15, 0.2) is 30.3 Å². The van der Waals surface area contributed by atoms with Gasteiger partial charge in [0.25, 0.3) is 0 Å². The van der Waals surface area contributed by atoms with Crippen LogP contribution in [0.2, 0.25) is 0 Å². The first-order chi connectivity index (χ1) is 8.00. The van der Waals surface area contributed by atoms with Crippen LogP contribution in [0.3, 0.4) is 0 Å². The molecule has 5 heteroatoms. The van der Waals surface area contributed by atoms with Gasteiger partial charge in [0, 0.05) is 6.42 Å². The molecule has 0 saturated carbocycles. The monoisotopic (exact) mass is 272 g/mol. The Bertz CT molecular complexity index is 357. The summed E-state index contributed by atoms with van der Waals surface area (Å²) in [6.45, 7) is 3.39. The van der Waals surface area contributed by atoms with Crippen molar-refractivity contribution in [3.63, 3.8) is 0 Å². The van der Waals surface area contributed by atoms with Crippen molar-refractivity contribution in [2.45, 2.75) is 38.5 Å². The van der Waals surface area contributed by atoms with Gasteiger partial charge in [-0.3, -0.25) is 4.79 Å². The second-order valence-corrected chi connectivity index (χ2v) is 4.34. The normalized spacial score (nSPS) is 15.1. The Balaban J connectivity index is 0.00000289. The maximum atomic E-state index is 11.4. The Kier molecular flexibility index (Phi) is 7.59. The van der Waals surface area contributed by atoms with E-state index in [-0.39, 0.29) is 24.4 Å². The Morgan fingerprint density at radius 3 is 2.39 bits per heavy atom. The molecule has 18 heavy (non-hydrogen) atoms. The highest BCUT2D eigenvalue weighted by Crippen LogP contribution is 2.05. The predicted molar refractivity (Wildman–Crippen MR) is 74.7 cm³/mol. The minimum Gasteiger partial charge on any atom is -0.391 e. The van der Waals surface area contributed by atoms with Gasteiger partial charge in [-0.15, -0.1) is 12.4 Å². The standard InChI is InChI=1S/C13H20N2O2.ClH/c1-9(14)13(17)15-10(2)12(16)8-11-6-4-3-5-7-11;/h3-7,9-10,12,16H,8,14H2,1-2H3,(H,15,17);1H. The molecule has 1 amide bonds. The minimum absolute atomic E-state index is 0. The van der Waals surface area contributed by atoms with Gasteiger partial charge in [-0.05, 0) is 19.4 Å². The van der Waals surface area contributed by atoms with Crippen molar-refractivity contribution in [1.82, 2.24) is 5.32 Å². The lowest BCUT2D eigenvalue weighted by atomic mass is 10.0. The van der Waals surface area contributed by atoms with E-state index in [1.807, 2.05) is 30.3 Å². The van der Waals surface area contributed by atoms with E-state index in [1.165, 1.54) is 0 Å². The summed E-state index contributed by atoms with van der Waals surface area (Å²) < 4.78 is 0. The second kappa shape index (κ2) is 8.08. The van der Waals surface area contributed by atoms with E-state index in [4.69, 9.17) is 5.73 Å². The molecule has 102 valence electrons. The van der Waals surface area contributed by atoms with Crippen molar-refractivity contribution < 1.29 is 9.90 Å². The minimum atomic E-state index is -0.611. The summed E-state index contributed by atoms with van der Waals surface area (Å²) in [7, 11) is 0. The Hall–Kier alpha value is -1.10. The zero-order chi connectivity index (χ0) is 12.8. The molecule has 0 saturated heterocycles. The number of rotatable bonds is 5. The molecule has 0 heterocycles. The van der Waals surface area contributed by atoms with Crippen LogP contribution >= 0.6 is 12.4 Å². The molecule has 0 bridgehead atoms. The molecule has 0 aliphatic carbocycles. The van der Waals surface area contributed by atoms with Crippen LogP contribution in [0, 0.1) is 0 Å². The zero-order valence-corrected chi connectivity index (χ0v) is 11.5. The van der Waals surface area contributed by atoms with Gasteiger partial charge in [0.05, 0.1) is 18.2 Å². The van der Waals surface area contributed by atoms with E-state index in [2.05, 4.69) is 5.32 Å². The van der Waals surface area contributed by atoms with Gasteiger partial charge < -0.3 is 16.2 Å².